The lowest BCUT2D eigenvalue weighted by atomic mass is 9.97. The Kier molecular flexibility index (Phi) is 3.31. The number of hydrogen-bond donors (Lipinski definition) is 2. The second kappa shape index (κ2) is 4.73. The van der Waals surface area contributed by atoms with Crippen LogP contribution in [0.15, 0.2) is 36.4 Å². The smallest absolute Gasteiger partial charge is 0.0440 e. The van der Waals surface area contributed by atoms with E-state index < -0.39 is 0 Å². The first-order valence-electron chi connectivity index (χ1n) is 5.79. The largest absolute Gasteiger partial charge is 0.377 e. The Morgan fingerprint density at radius 2 is 1.71 bits per heavy atom. The summed E-state index contributed by atoms with van der Waals surface area (Å²) in [5.74, 6) is 0. The molecule has 2 aromatic rings. The van der Waals surface area contributed by atoms with Crippen LogP contribution < -0.4 is 16.4 Å². The minimum Gasteiger partial charge on any atom is -0.377 e. The van der Waals surface area contributed by atoms with Crippen LogP contribution in [0.5, 0.6) is 0 Å². The highest BCUT2D eigenvalue weighted by Crippen LogP contribution is 2.30. The number of nitrogens with two attached hydrogens (primary N) is 2. The summed E-state index contributed by atoms with van der Waals surface area (Å²) in [6, 6.07) is 12.4. The highest BCUT2D eigenvalue weighted by molar-refractivity contribution is 5.96. The maximum Gasteiger partial charge on any atom is 0.0440 e. The molecule has 0 amide bonds. The maximum atomic E-state index is 6.05. The van der Waals surface area contributed by atoms with E-state index in [1.165, 1.54) is 16.5 Å². The molecular weight excluding hydrogens is 210 g/mol. The van der Waals surface area contributed by atoms with E-state index in [1.807, 2.05) is 26.2 Å². The number of benzene rings is 2. The van der Waals surface area contributed by atoms with E-state index in [0.717, 1.165) is 5.56 Å². The molecule has 0 radical (unpaired) electrons. The van der Waals surface area contributed by atoms with Crippen molar-refractivity contribution in [1.82, 2.24) is 0 Å². The molecular formula is C14H19N3. The average Bonchev–Trinajstić information content (AvgIpc) is 2.36. The lowest BCUT2D eigenvalue weighted by Gasteiger charge is -2.19. The first-order valence-corrected chi connectivity index (χ1v) is 5.79. The number of nitrogens with zero attached hydrogens (tertiary/aromatic N) is 1. The van der Waals surface area contributed by atoms with Crippen molar-refractivity contribution in [3.8, 4) is 0 Å². The van der Waals surface area contributed by atoms with Crippen LogP contribution in [0.1, 0.15) is 11.6 Å². The first-order chi connectivity index (χ1) is 8.15. The van der Waals surface area contributed by atoms with Crippen LogP contribution in [0.4, 0.5) is 5.69 Å². The molecule has 0 aliphatic heterocycles. The minimum absolute atomic E-state index is 0.101. The molecule has 0 aromatic heterocycles. The van der Waals surface area contributed by atoms with Crippen molar-refractivity contribution in [2.75, 3.05) is 25.5 Å². The van der Waals surface area contributed by atoms with E-state index in [2.05, 4.69) is 29.2 Å². The van der Waals surface area contributed by atoms with E-state index in [4.69, 9.17) is 11.5 Å². The molecule has 0 fully saturated rings. The predicted octanol–water partition coefficient (Wildman–Crippen LogP) is 1.86. The average molecular weight is 229 g/mol. The van der Waals surface area contributed by atoms with Gasteiger partial charge in [-0.1, -0.05) is 30.3 Å². The molecule has 0 aliphatic rings. The topological polar surface area (TPSA) is 55.3 Å². The highest BCUT2D eigenvalue weighted by atomic mass is 15.1. The molecule has 90 valence electrons. The van der Waals surface area contributed by atoms with Crippen LogP contribution in [0.2, 0.25) is 0 Å². The summed E-state index contributed by atoms with van der Waals surface area (Å²) in [4.78, 5) is 2.11. The SMILES string of the molecule is CN(C)c1ccc([C@@H](N)CN)c2ccccc12. The van der Waals surface area contributed by atoms with Gasteiger partial charge in [-0.3, -0.25) is 0 Å². The van der Waals surface area contributed by atoms with Crippen molar-refractivity contribution in [2.24, 2.45) is 11.5 Å². The normalized spacial score (nSPS) is 12.7. The van der Waals surface area contributed by atoms with E-state index in [-0.39, 0.29) is 6.04 Å². The molecule has 1 atom stereocenters. The molecule has 0 spiro atoms. The highest BCUT2D eigenvalue weighted by Gasteiger charge is 2.11. The van der Waals surface area contributed by atoms with Gasteiger partial charge in [-0.2, -0.15) is 0 Å². The third kappa shape index (κ3) is 2.12. The molecule has 0 saturated carbocycles. The number of rotatable bonds is 3. The Morgan fingerprint density at radius 3 is 2.29 bits per heavy atom. The molecule has 2 aromatic carbocycles. The van der Waals surface area contributed by atoms with E-state index in [9.17, 15) is 0 Å². The zero-order valence-electron chi connectivity index (χ0n) is 10.4. The number of anilines is 1. The van der Waals surface area contributed by atoms with Crippen LogP contribution in [0, 0.1) is 0 Å². The Hall–Kier alpha value is -1.58. The summed E-state index contributed by atoms with van der Waals surface area (Å²) in [7, 11) is 4.09. The third-order valence-electron chi connectivity index (χ3n) is 3.07. The Morgan fingerprint density at radius 1 is 1.06 bits per heavy atom. The van der Waals surface area contributed by atoms with E-state index in [1.54, 1.807) is 0 Å². The molecule has 2 rings (SSSR count). The molecule has 0 saturated heterocycles. The molecule has 0 heterocycles. The van der Waals surface area contributed by atoms with Gasteiger partial charge in [0.05, 0.1) is 0 Å². The molecule has 3 nitrogen and oxygen atoms in total. The van der Waals surface area contributed by atoms with Crippen molar-refractivity contribution >= 4 is 16.5 Å². The molecule has 0 bridgehead atoms. The molecule has 3 heteroatoms. The van der Waals surface area contributed by atoms with Crippen molar-refractivity contribution < 1.29 is 0 Å². The van der Waals surface area contributed by atoms with Crippen LogP contribution in [-0.2, 0) is 0 Å². The van der Waals surface area contributed by atoms with Crippen LogP contribution in [0.25, 0.3) is 10.8 Å². The summed E-state index contributed by atoms with van der Waals surface area (Å²) in [5, 5.41) is 2.41. The van der Waals surface area contributed by atoms with Gasteiger partial charge in [-0.05, 0) is 17.0 Å². The van der Waals surface area contributed by atoms with Crippen LogP contribution >= 0.6 is 0 Å². The Bertz CT molecular complexity index is 520. The molecule has 4 N–H and O–H groups in total. The quantitative estimate of drug-likeness (QED) is 0.844. The molecule has 0 unspecified atom stereocenters. The predicted molar refractivity (Wildman–Crippen MR) is 74.3 cm³/mol. The van der Waals surface area contributed by atoms with Crippen molar-refractivity contribution in [1.29, 1.82) is 0 Å². The lowest BCUT2D eigenvalue weighted by Crippen LogP contribution is -2.21. The van der Waals surface area contributed by atoms with E-state index >= 15 is 0 Å². The molecule has 17 heavy (non-hydrogen) atoms. The fraction of sp³-hybridized carbons (Fsp3) is 0.286. The van der Waals surface area contributed by atoms with Gasteiger partial charge < -0.3 is 16.4 Å². The second-order valence-corrected chi connectivity index (χ2v) is 4.46. The van der Waals surface area contributed by atoms with Crippen molar-refractivity contribution in [3.63, 3.8) is 0 Å². The van der Waals surface area contributed by atoms with Crippen LogP contribution in [-0.4, -0.2) is 20.6 Å². The fourth-order valence-electron chi connectivity index (χ4n) is 2.15. The standard InChI is InChI=1S/C14H19N3/c1-17(2)14-8-7-11(13(16)9-15)10-5-3-4-6-12(10)14/h3-8,13H,9,15-16H2,1-2H3/t13-/m0/s1. The number of fused-ring (bicyclic) bond motifs is 1. The maximum absolute atomic E-state index is 6.05. The van der Waals surface area contributed by atoms with Crippen LogP contribution in [0.3, 0.4) is 0 Å². The summed E-state index contributed by atoms with van der Waals surface area (Å²) in [6.45, 7) is 0.464. The Labute approximate surface area is 102 Å². The zero-order valence-corrected chi connectivity index (χ0v) is 10.4. The summed E-state index contributed by atoms with van der Waals surface area (Å²) < 4.78 is 0. The van der Waals surface area contributed by atoms with Gasteiger partial charge in [0.2, 0.25) is 0 Å². The monoisotopic (exact) mass is 229 g/mol. The van der Waals surface area contributed by atoms with Gasteiger partial charge in [0.15, 0.2) is 0 Å². The van der Waals surface area contributed by atoms with Gasteiger partial charge in [-0.15, -0.1) is 0 Å². The van der Waals surface area contributed by atoms with Gasteiger partial charge in [0.25, 0.3) is 0 Å². The summed E-state index contributed by atoms with van der Waals surface area (Å²) in [5.41, 5.74) is 14.0. The van der Waals surface area contributed by atoms with Crippen molar-refractivity contribution in [2.45, 2.75) is 6.04 Å². The summed E-state index contributed by atoms with van der Waals surface area (Å²) >= 11 is 0. The van der Waals surface area contributed by atoms with Gasteiger partial charge in [0, 0.05) is 37.8 Å². The van der Waals surface area contributed by atoms with E-state index in [0.29, 0.717) is 6.54 Å². The second-order valence-electron chi connectivity index (χ2n) is 4.46. The third-order valence-corrected chi connectivity index (χ3v) is 3.07. The minimum atomic E-state index is -0.101. The zero-order chi connectivity index (χ0) is 12.4. The Balaban J connectivity index is 2.70. The first kappa shape index (κ1) is 11.9. The van der Waals surface area contributed by atoms with Gasteiger partial charge >= 0.3 is 0 Å². The molecule has 0 aliphatic carbocycles. The van der Waals surface area contributed by atoms with Gasteiger partial charge in [0.1, 0.15) is 0 Å². The van der Waals surface area contributed by atoms with Gasteiger partial charge in [-0.25, -0.2) is 0 Å². The number of hydrogen-bond acceptors (Lipinski definition) is 3. The lowest BCUT2D eigenvalue weighted by molar-refractivity contribution is 0.743. The fourth-order valence-corrected chi connectivity index (χ4v) is 2.15. The summed E-state index contributed by atoms with van der Waals surface area (Å²) in [6.07, 6.45) is 0. The van der Waals surface area contributed by atoms with Crippen molar-refractivity contribution in [3.05, 3.63) is 42.0 Å².